The van der Waals surface area contributed by atoms with Crippen molar-refractivity contribution >= 4 is 11.8 Å². The Kier molecular flexibility index (Phi) is 8.83. The van der Waals surface area contributed by atoms with Gasteiger partial charge in [-0.05, 0) is 63.5 Å². The van der Waals surface area contributed by atoms with Gasteiger partial charge in [0.2, 0.25) is 0 Å². The molecule has 1 saturated heterocycles. The number of carbonyl (C=O) groups is 2. The predicted octanol–water partition coefficient (Wildman–Crippen LogP) is 4.09. The normalized spacial score (nSPS) is 31.3. The van der Waals surface area contributed by atoms with Crippen LogP contribution >= 0.6 is 0 Å². The van der Waals surface area contributed by atoms with Crippen molar-refractivity contribution in [2.24, 2.45) is 23.7 Å². The molecule has 170 valence electrons. The minimum atomic E-state index is -0.499. The molecule has 0 saturated carbocycles. The fourth-order valence-corrected chi connectivity index (χ4v) is 4.70. The van der Waals surface area contributed by atoms with E-state index in [0.29, 0.717) is 11.8 Å². The first kappa shape index (κ1) is 24.8. The summed E-state index contributed by atoms with van der Waals surface area (Å²) in [4.78, 5) is 23.5. The Morgan fingerprint density at radius 2 is 1.97 bits per heavy atom. The second-order valence-electron chi connectivity index (χ2n) is 8.92. The zero-order chi connectivity index (χ0) is 22.5. The molecule has 0 spiro atoms. The molecule has 5 atom stereocenters. The molecule has 6 nitrogen and oxygen atoms in total. The highest BCUT2D eigenvalue weighted by atomic mass is 16.7. The first-order chi connectivity index (χ1) is 14.2. The van der Waals surface area contributed by atoms with Gasteiger partial charge in [0, 0.05) is 20.1 Å². The van der Waals surface area contributed by atoms with E-state index in [1.165, 1.54) is 11.6 Å². The van der Waals surface area contributed by atoms with E-state index in [0.717, 1.165) is 12.8 Å². The lowest BCUT2D eigenvalue weighted by atomic mass is 9.66. The van der Waals surface area contributed by atoms with E-state index in [2.05, 4.69) is 26.8 Å². The number of allylic oxidation sites excluding steroid dienone is 3. The lowest BCUT2D eigenvalue weighted by Gasteiger charge is -2.42. The maximum absolute atomic E-state index is 12.0. The summed E-state index contributed by atoms with van der Waals surface area (Å²) in [5.74, 6) is 0.742. The summed E-state index contributed by atoms with van der Waals surface area (Å²) in [6.07, 6.45) is 6.94. The molecule has 0 aromatic heterocycles. The van der Waals surface area contributed by atoms with Gasteiger partial charge in [0.05, 0.1) is 12.7 Å². The molecule has 6 heteroatoms. The Hall–Kier alpha value is -1.50. The lowest BCUT2D eigenvalue weighted by molar-refractivity contribution is -0.166. The average molecular weight is 423 g/mol. The van der Waals surface area contributed by atoms with E-state index in [1.54, 1.807) is 27.2 Å². The molecule has 2 rings (SSSR count). The number of hydrogen-bond acceptors (Lipinski definition) is 6. The monoisotopic (exact) mass is 422 g/mol. The predicted molar refractivity (Wildman–Crippen MR) is 115 cm³/mol. The van der Waals surface area contributed by atoms with Gasteiger partial charge < -0.3 is 18.9 Å². The van der Waals surface area contributed by atoms with Gasteiger partial charge >= 0.3 is 5.97 Å². The molecule has 0 amide bonds. The van der Waals surface area contributed by atoms with Crippen LogP contribution in [0.5, 0.6) is 0 Å². The van der Waals surface area contributed by atoms with Crippen LogP contribution in [0.1, 0.15) is 53.9 Å². The number of methoxy groups -OCH3 is 2. The van der Waals surface area contributed by atoms with E-state index in [-0.39, 0.29) is 43.0 Å². The molecule has 1 fully saturated rings. The zero-order valence-electron chi connectivity index (χ0n) is 19.5. The van der Waals surface area contributed by atoms with Crippen LogP contribution in [0.2, 0.25) is 0 Å². The van der Waals surface area contributed by atoms with Crippen LogP contribution in [0.4, 0.5) is 0 Å². The molecule has 1 heterocycles. The van der Waals surface area contributed by atoms with Crippen LogP contribution in [0.3, 0.4) is 0 Å². The summed E-state index contributed by atoms with van der Waals surface area (Å²) in [7, 11) is 3.40. The third-order valence-electron chi connectivity index (χ3n) is 6.56. The standard InChI is InChI=1S/C24H38O6/c1-8-29-21(26)13-17(25)11-12-24(5)20(30-24)14-19-16(4)9-10-18(15(2)3)22(19)23(27-6)28-7/h9,11-12,15,18-20,22-23H,8,10,13-14H2,1-7H3/b12-11+/t18-,19+,20-,22-,24+/m1/s1. The number of esters is 1. The molecule has 0 radical (unpaired) electrons. The maximum atomic E-state index is 12.0. The Morgan fingerprint density at radius 1 is 1.30 bits per heavy atom. The second-order valence-corrected chi connectivity index (χ2v) is 8.92. The largest absolute Gasteiger partial charge is 0.466 e. The summed E-state index contributed by atoms with van der Waals surface area (Å²) >= 11 is 0. The van der Waals surface area contributed by atoms with Gasteiger partial charge in [-0.2, -0.15) is 0 Å². The Morgan fingerprint density at radius 3 is 2.53 bits per heavy atom. The van der Waals surface area contributed by atoms with Crippen LogP contribution in [-0.2, 0) is 28.5 Å². The quantitative estimate of drug-likeness (QED) is 0.125. The third-order valence-corrected chi connectivity index (χ3v) is 6.56. The van der Waals surface area contributed by atoms with Crippen LogP contribution < -0.4 is 0 Å². The van der Waals surface area contributed by atoms with Crippen molar-refractivity contribution in [3.8, 4) is 0 Å². The molecule has 0 aromatic rings. The first-order valence-corrected chi connectivity index (χ1v) is 10.9. The highest BCUT2D eigenvalue weighted by Crippen LogP contribution is 2.49. The van der Waals surface area contributed by atoms with E-state index >= 15 is 0 Å². The second kappa shape index (κ2) is 10.7. The van der Waals surface area contributed by atoms with E-state index in [4.69, 9.17) is 18.9 Å². The van der Waals surface area contributed by atoms with Crippen molar-refractivity contribution < 1.29 is 28.5 Å². The smallest absolute Gasteiger partial charge is 0.313 e. The van der Waals surface area contributed by atoms with Gasteiger partial charge in [-0.15, -0.1) is 0 Å². The molecule has 30 heavy (non-hydrogen) atoms. The van der Waals surface area contributed by atoms with Crippen LogP contribution in [0, 0.1) is 23.7 Å². The van der Waals surface area contributed by atoms with Gasteiger partial charge in [-0.25, -0.2) is 0 Å². The summed E-state index contributed by atoms with van der Waals surface area (Å²) in [6, 6.07) is 0. The summed E-state index contributed by atoms with van der Waals surface area (Å²) < 4.78 is 22.2. The van der Waals surface area contributed by atoms with Gasteiger partial charge in [0.1, 0.15) is 12.0 Å². The third kappa shape index (κ3) is 6.02. The van der Waals surface area contributed by atoms with Gasteiger partial charge in [-0.3, -0.25) is 9.59 Å². The average Bonchev–Trinajstić information content (AvgIpc) is 3.33. The molecular weight excluding hydrogens is 384 g/mol. The Labute approximate surface area is 181 Å². The van der Waals surface area contributed by atoms with E-state index in [9.17, 15) is 9.59 Å². The number of ketones is 1. The van der Waals surface area contributed by atoms with Crippen LogP contribution in [-0.4, -0.2) is 50.6 Å². The van der Waals surface area contributed by atoms with Crippen molar-refractivity contribution in [3.05, 3.63) is 23.8 Å². The fourth-order valence-electron chi connectivity index (χ4n) is 4.70. The van der Waals surface area contributed by atoms with Crippen molar-refractivity contribution in [1.29, 1.82) is 0 Å². The Balaban J connectivity index is 2.07. The number of ether oxygens (including phenoxy) is 4. The summed E-state index contributed by atoms with van der Waals surface area (Å²) in [5, 5.41) is 0. The van der Waals surface area contributed by atoms with E-state index < -0.39 is 11.6 Å². The van der Waals surface area contributed by atoms with Crippen molar-refractivity contribution in [2.45, 2.75) is 71.9 Å². The molecule has 0 unspecified atom stereocenters. The SMILES string of the molecule is CCOC(=O)CC(=O)/C=C/[C@]1(C)O[C@@H]1C[C@H]1C(C)=CC[C@H](C(C)C)[C@H]1C(OC)OC. The van der Waals surface area contributed by atoms with Crippen LogP contribution in [0.25, 0.3) is 0 Å². The zero-order valence-corrected chi connectivity index (χ0v) is 19.5. The summed E-state index contributed by atoms with van der Waals surface area (Å²) in [6.45, 7) is 10.7. The minimum Gasteiger partial charge on any atom is -0.466 e. The molecule has 2 aliphatic rings. The number of hydrogen-bond donors (Lipinski definition) is 0. The topological polar surface area (TPSA) is 74.4 Å². The summed E-state index contributed by atoms with van der Waals surface area (Å²) in [5.41, 5.74) is 0.853. The molecule has 0 bridgehead atoms. The molecule has 1 aliphatic heterocycles. The van der Waals surface area contributed by atoms with Gasteiger partial charge in [0.15, 0.2) is 12.1 Å². The van der Waals surface area contributed by atoms with Crippen molar-refractivity contribution in [2.75, 3.05) is 20.8 Å². The molecular formula is C24H38O6. The maximum Gasteiger partial charge on any atom is 0.313 e. The first-order valence-electron chi connectivity index (χ1n) is 10.9. The van der Waals surface area contributed by atoms with Crippen molar-refractivity contribution in [3.63, 3.8) is 0 Å². The number of carbonyl (C=O) groups excluding carboxylic acids is 2. The van der Waals surface area contributed by atoms with Gasteiger partial charge in [0.25, 0.3) is 0 Å². The number of rotatable bonds is 11. The highest BCUT2D eigenvalue weighted by molar-refractivity contribution is 6.02. The number of epoxide rings is 1. The molecule has 0 N–H and O–H groups in total. The minimum absolute atomic E-state index is 0.0141. The van der Waals surface area contributed by atoms with E-state index in [1.807, 2.05) is 6.92 Å². The lowest BCUT2D eigenvalue weighted by Crippen LogP contribution is -2.42. The van der Waals surface area contributed by atoms with Crippen LogP contribution in [0.15, 0.2) is 23.8 Å². The Bertz CT molecular complexity index is 663. The molecule has 0 aromatic carbocycles. The van der Waals surface area contributed by atoms with Gasteiger partial charge in [-0.1, -0.05) is 25.5 Å². The van der Waals surface area contributed by atoms with Crippen molar-refractivity contribution in [1.82, 2.24) is 0 Å². The fraction of sp³-hybridized carbons (Fsp3) is 0.750. The molecule has 1 aliphatic carbocycles. The highest BCUT2D eigenvalue weighted by Gasteiger charge is 2.53.